The minimum absolute atomic E-state index is 0.152. The zero-order valence-electron chi connectivity index (χ0n) is 11.8. The third-order valence-corrected chi connectivity index (χ3v) is 3.56. The Morgan fingerprint density at radius 3 is 2.26 bits per heavy atom. The average Bonchev–Trinajstić information content (AvgIpc) is 2.42. The molecule has 1 aliphatic rings. The van der Waals surface area contributed by atoms with Crippen LogP contribution in [0.2, 0.25) is 0 Å². The number of carbonyl (C=O) groups is 2. The molecule has 0 bridgehead atoms. The zero-order chi connectivity index (χ0) is 14.3. The molecule has 1 fully saturated rings. The zero-order valence-corrected chi connectivity index (χ0v) is 11.8. The minimum atomic E-state index is -0.901. The Morgan fingerprint density at radius 1 is 1.11 bits per heavy atom. The van der Waals surface area contributed by atoms with Crippen LogP contribution >= 0.6 is 0 Å². The number of nitrogens with one attached hydrogen (secondary N) is 2. The van der Waals surface area contributed by atoms with Crippen LogP contribution in [0, 0.1) is 5.92 Å². The van der Waals surface area contributed by atoms with Crippen LogP contribution in [0.3, 0.4) is 0 Å². The maximum absolute atomic E-state index is 11.5. The summed E-state index contributed by atoms with van der Waals surface area (Å²) in [4.78, 5) is 24.5. The number of hydrogen-bond acceptors (Lipinski definition) is 3. The van der Waals surface area contributed by atoms with E-state index in [-0.39, 0.29) is 12.6 Å². The van der Waals surface area contributed by atoms with Gasteiger partial charge in [-0.1, -0.05) is 13.3 Å². The van der Waals surface area contributed by atoms with Gasteiger partial charge in [0.1, 0.15) is 0 Å². The molecule has 110 valence electrons. The minimum Gasteiger partial charge on any atom is -0.481 e. The quantitative estimate of drug-likeness (QED) is 0.670. The monoisotopic (exact) mass is 271 g/mol. The number of hydrogen-bond donors (Lipinski definition) is 3. The standard InChI is InChI=1S/C13H25N3O3/c1-10(12(17)18)8-14-13(19)15-9-11(2)16-6-4-3-5-7-16/h10-11H,3-9H2,1-2H3,(H,17,18)(H2,14,15,19). The number of carboxylic acids is 1. The highest BCUT2D eigenvalue weighted by molar-refractivity contribution is 5.75. The van der Waals surface area contributed by atoms with E-state index in [2.05, 4.69) is 22.5 Å². The van der Waals surface area contributed by atoms with E-state index in [9.17, 15) is 9.59 Å². The maximum atomic E-state index is 11.5. The Labute approximate surface area is 114 Å². The van der Waals surface area contributed by atoms with E-state index in [4.69, 9.17) is 5.11 Å². The summed E-state index contributed by atoms with van der Waals surface area (Å²) in [6, 6.07) is 0.0277. The van der Waals surface area contributed by atoms with E-state index < -0.39 is 11.9 Å². The molecule has 0 aromatic rings. The predicted octanol–water partition coefficient (Wildman–Crippen LogP) is 0.881. The molecule has 1 saturated heterocycles. The van der Waals surface area contributed by atoms with Crippen molar-refractivity contribution >= 4 is 12.0 Å². The van der Waals surface area contributed by atoms with Gasteiger partial charge in [0.15, 0.2) is 0 Å². The second kappa shape index (κ2) is 7.99. The van der Waals surface area contributed by atoms with Crippen molar-refractivity contribution in [2.75, 3.05) is 26.2 Å². The number of carboxylic acid groups (broad SMARTS) is 1. The van der Waals surface area contributed by atoms with Gasteiger partial charge in [-0.3, -0.25) is 9.69 Å². The fraction of sp³-hybridized carbons (Fsp3) is 0.846. The molecule has 2 unspecified atom stereocenters. The fourth-order valence-electron chi connectivity index (χ4n) is 2.12. The van der Waals surface area contributed by atoms with Gasteiger partial charge < -0.3 is 15.7 Å². The van der Waals surface area contributed by atoms with Crippen molar-refractivity contribution < 1.29 is 14.7 Å². The van der Waals surface area contributed by atoms with Crippen molar-refractivity contribution in [2.45, 2.75) is 39.2 Å². The van der Waals surface area contributed by atoms with Gasteiger partial charge >= 0.3 is 12.0 Å². The second-order valence-corrected chi connectivity index (χ2v) is 5.28. The Morgan fingerprint density at radius 2 is 1.68 bits per heavy atom. The first-order valence-corrected chi connectivity index (χ1v) is 6.99. The van der Waals surface area contributed by atoms with E-state index >= 15 is 0 Å². The van der Waals surface area contributed by atoms with Gasteiger partial charge in [0.2, 0.25) is 0 Å². The van der Waals surface area contributed by atoms with Gasteiger partial charge in [0.05, 0.1) is 5.92 Å². The van der Waals surface area contributed by atoms with Crippen LogP contribution < -0.4 is 10.6 Å². The molecule has 0 spiro atoms. The van der Waals surface area contributed by atoms with Gasteiger partial charge in [0.25, 0.3) is 0 Å². The lowest BCUT2D eigenvalue weighted by molar-refractivity contribution is -0.140. The number of urea groups is 1. The lowest BCUT2D eigenvalue weighted by Gasteiger charge is -2.32. The average molecular weight is 271 g/mol. The summed E-state index contributed by atoms with van der Waals surface area (Å²) in [5.41, 5.74) is 0. The van der Waals surface area contributed by atoms with E-state index in [1.807, 2.05) is 0 Å². The van der Waals surface area contributed by atoms with Gasteiger partial charge in [-0.05, 0) is 32.9 Å². The Bertz CT molecular complexity index is 304. The van der Waals surface area contributed by atoms with Crippen molar-refractivity contribution in [1.29, 1.82) is 0 Å². The van der Waals surface area contributed by atoms with Gasteiger partial charge in [0, 0.05) is 19.1 Å². The molecule has 0 aliphatic carbocycles. The summed E-state index contributed by atoms with van der Waals surface area (Å²) in [7, 11) is 0. The lowest BCUT2D eigenvalue weighted by atomic mass is 10.1. The summed E-state index contributed by atoms with van der Waals surface area (Å²) in [6.07, 6.45) is 3.75. The summed E-state index contributed by atoms with van der Waals surface area (Å²) >= 11 is 0. The normalized spacial score (nSPS) is 19.5. The number of carbonyl (C=O) groups excluding carboxylic acids is 1. The number of aliphatic carboxylic acids is 1. The van der Waals surface area contributed by atoms with E-state index in [1.165, 1.54) is 19.3 Å². The topological polar surface area (TPSA) is 81.7 Å². The molecule has 1 rings (SSSR count). The summed E-state index contributed by atoms with van der Waals surface area (Å²) in [6.45, 7) is 6.61. The second-order valence-electron chi connectivity index (χ2n) is 5.28. The van der Waals surface area contributed by atoms with Crippen LogP contribution in [0.4, 0.5) is 4.79 Å². The van der Waals surface area contributed by atoms with E-state index in [0.29, 0.717) is 12.6 Å². The van der Waals surface area contributed by atoms with Crippen LogP contribution in [0.25, 0.3) is 0 Å². The lowest BCUT2D eigenvalue weighted by Crippen LogP contribution is -2.47. The third kappa shape index (κ3) is 5.92. The molecular formula is C13H25N3O3. The number of amides is 2. The van der Waals surface area contributed by atoms with Gasteiger partial charge in [-0.15, -0.1) is 0 Å². The van der Waals surface area contributed by atoms with E-state index in [1.54, 1.807) is 6.92 Å². The molecule has 0 saturated carbocycles. The number of rotatable bonds is 6. The Hall–Kier alpha value is -1.30. The van der Waals surface area contributed by atoms with Crippen LogP contribution in [0.1, 0.15) is 33.1 Å². The first kappa shape index (κ1) is 15.8. The fourth-order valence-corrected chi connectivity index (χ4v) is 2.12. The molecule has 6 heteroatoms. The molecular weight excluding hydrogens is 246 g/mol. The van der Waals surface area contributed by atoms with Crippen LogP contribution in [-0.4, -0.2) is 54.2 Å². The summed E-state index contributed by atoms with van der Waals surface area (Å²) in [5.74, 6) is -1.47. The van der Waals surface area contributed by atoms with Crippen LogP contribution in [0.15, 0.2) is 0 Å². The smallest absolute Gasteiger partial charge is 0.314 e. The molecule has 0 aromatic heterocycles. The van der Waals surface area contributed by atoms with Crippen molar-refractivity contribution in [1.82, 2.24) is 15.5 Å². The molecule has 2 amide bonds. The highest BCUT2D eigenvalue weighted by Gasteiger charge is 2.17. The van der Waals surface area contributed by atoms with E-state index in [0.717, 1.165) is 13.1 Å². The van der Waals surface area contributed by atoms with Crippen molar-refractivity contribution in [2.24, 2.45) is 5.92 Å². The third-order valence-electron chi connectivity index (χ3n) is 3.56. The Kier molecular flexibility index (Phi) is 6.62. The maximum Gasteiger partial charge on any atom is 0.314 e. The SMILES string of the molecule is CC(CNC(=O)NCC(C)N1CCCCC1)C(=O)O. The highest BCUT2D eigenvalue weighted by atomic mass is 16.4. The molecule has 1 aliphatic heterocycles. The van der Waals surface area contributed by atoms with Gasteiger partial charge in [-0.25, -0.2) is 4.79 Å². The predicted molar refractivity (Wildman–Crippen MR) is 73.1 cm³/mol. The molecule has 6 nitrogen and oxygen atoms in total. The molecule has 3 N–H and O–H groups in total. The molecule has 19 heavy (non-hydrogen) atoms. The van der Waals surface area contributed by atoms with Crippen LogP contribution in [0.5, 0.6) is 0 Å². The molecule has 1 heterocycles. The number of nitrogens with zero attached hydrogens (tertiary/aromatic N) is 1. The number of piperidine rings is 1. The van der Waals surface area contributed by atoms with Gasteiger partial charge in [-0.2, -0.15) is 0 Å². The van der Waals surface area contributed by atoms with Crippen molar-refractivity contribution in [3.8, 4) is 0 Å². The molecule has 2 atom stereocenters. The van der Waals surface area contributed by atoms with Crippen molar-refractivity contribution in [3.63, 3.8) is 0 Å². The summed E-state index contributed by atoms with van der Waals surface area (Å²) in [5, 5.41) is 14.1. The van der Waals surface area contributed by atoms with Crippen LogP contribution in [-0.2, 0) is 4.79 Å². The van der Waals surface area contributed by atoms with Crippen molar-refractivity contribution in [3.05, 3.63) is 0 Å². The Balaban J connectivity index is 2.16. The first-order chi connectivity index (χ1) is 9.00. The number of likely N-dealkylation sites (tertiary alicyclic amines) is 1. The first-order valence-electron chi connectivity index (χ1n) is 6.99. The molecule has 0 aromatic carbocycles. The highest BCUT2D eigenvalue weighted by Crippen LogP contribution is 2.11. The molecule has 0 radical (unpaired) electrons. The largest absolute Gasteiger partial charge is 0.481 e. The summed E-state index contributed by atoms with van der Waals surface area (Å²) < 4.78 is 0.